The van der Waals surface area contributed by atoms with Crippen LogP contribution in [0.1, 0.15) is 53.4 Å². The molecule has 0 aromatic carbocycles. The quantitative estimate of drug-likeness (QED) is 0.519. The number of unbranched alkanes of at least 4 members (excludes halogenated alkanes) is 1. The fourth-order valence-electron chi connectivity index (χ4n) is 2.11. The maximum atomic E-state index is 12.2. The minimum atomic E-state index is -0.228. The molecule has 0 aromatic rings. The zero-order valence-corrected chi connectivity index (χ0v) is 14.2. The zero-order chi connectivity index (χ0) is 16.1. The Bertz CT molecular complexity index is 291. The van der Waals surface area contributed by atoms with Crippen LogP contribution in [0, 0.1) is 0 Å². The average Bonchev–Trinajstić information content (AvgIpc) is 2.48. The van der Waals surface area contributed by atoms with Crippen LogP contribution in [0.15, 0.2) is 0 Å². The van der Waals surface area contributed by atoms with Crippen LogP contribution in [-0.2, 0) is 14.3 Å². The van der Waals surface area contributed by atoms with Gasteiger partial charge in [0.15, 0.2) is 0 Å². The Kier molecular flexibility index (Phi) is 12.0. The van der Waals surface area contributed by atoms with Crippen molar-refractivity contribution in [2.45, 2.75) is 53.4 Å². The number of esters is 1. The lowest BCUT2D eigenvalue weighted by atomic mass is 10.2. The van der Waals surface area contributed by atoms with Crippen molar-refractivity contribution >= 4 is 11.9 Å². The average molecular weight is 300 g/mol. The van der Waals surface area contributed by atoms with Crippen LogP contribution >= 0.6 is 0 Å². The van der Waals surface area contributed by atoms with Crippen LogP contribution in [0.25, 0.3) is 0 Å². The second-order valence-electron chi connectivity index (χ2n) is 5.07. The number of amides is 1. The van der Waals surface area contributed by atoms with E-state index in [1.165, 1.54) is 0 Å². The van der Waals surface area contributed by atoms with Gasteiger partial charge in [-0.2, -0.15) is 0 Å². The third kappa shape index (κ3) is 9.45. The molecule has 0 saturated carbocycles. The lowest BCUT2D eigenvalue weighted by Gasteiger charge is -2.26. The van der Waals surface area contributed by atoms with E-state index < -0.39 is 0 Å². The van der Waals surface area contributed by atoms with E-state index in [1.54, 1.807) is 6.92 Å². The number of hydrogen-bond acceptors (Lipinski definition) is 4. The second kappa shape index (κ2) is 12.6. The Hall–Kier alpha value is -1.10. The molecule has 0 spiro atoms. The smallest absolute Gasteiger partial charge is 0.307 e. The van der Waals surface area contributed by atoms with Crippen molar-refractivity contribution < 1.29 is 14.3 Å². The van der Waals surface area contributed by atoms with E-state index in [0.717, 1.165) is 32.5 Å². The van der Waals surface area contributed by atoms with E-state index in [-0.39, 0.29) is 18.3 Å². The van der Waals surface area contributed by atoms with Gasteiger partial charge in [-0.3, -0.25) is 9.59 Å². The van der Waals surface area contributed by atoms with Gasteiger partial charge in [-0.25, -0.2) is 0 Å². The van der Waals surface area contributed by atoms with E-state index in [1.807, 2.05) is 4.90 Å². The molecule has 1 amide bonds. The van der Waals surface area contributed by atoms with Crippen LogP contribution in [0.4, 0.5) is 0 Å². The number of carbonyl (C=O) groups is 2. The highest BCUT2D eigenvalue weighted by Crippen LogP contribution is 2.03. The minimum Gasteiger partial charge on any atom is -0.466 e. The van der Waals surface area contributed by atoms with Crippen LogP contribution in [-0.4, -0.2) is 61.0 Å². The standard InChI is InChI=1S/C16H32N2O3/c1-5-9-10-15(19)18(12-11-16(20)21-8-4)14-13-17(6-2)7-3/h5-14H2,1-4H3. The summed E-state index contributed by atoms with van der Waals surface area (Å²) in [6.07, 6.45) is 2.76. The molecule has 21 heavy (non-hydrogen) atoms. The molecule has 5 heteroatoms. The van der Waals surface area contributed by atoms with Crippen molar-refractivity contribution in [1.29, 1.82) is 0 Å². The maximum Gasteiger partial charge on any atom is 0.307 e. The molecule has 0 aliphatic rings. The molecular formula is C16H32N2O3. The third-order valence-electron chi connectivity index (χ3n) is 3.57. The number of carbonyl (C=O) groups excluding carboxylic acids is 2. The largest absolute Gasteiger partial charge is 0.466 e. The molecule has 0 aliphatic carbocycles. The number of nitrogens with zero attached hydrogens (tertiary/aromatic N) is 2. The first-order valence-electron chi connectivity index (χ1n) is 8.24. The first-order chi connectivity index (χ1) is 10.1. The normalized spacial score (nSPS) is 10.7. The summed E-state index contributed by atoms with van der Waals surface area (Å²) in [7, 11) is 0. The summed E-state index contributed by atoms with van der Waals surface area (Å²) in [4.78, 5) is 27.8. The topological polar surface area (TPSA) is 49.9 Å². The Morgan fingerprint density at radius 3 is 2.10 bits per heavy atom. The molecule has 124 valence electrons. The molecule has 0 saturated heterocycles. The summed E-state index contributed by atoms with van der Waals surface area (Å²) in [5.41, 5.74) is 0. The highest BCUT2D eigenvalue weighted by atomic mass is 16.5. The van der Waals surface area contributed by atoms with Gasteiger partial charge < -0.3 is 14.5 Å². The van der Waals surface area contributed by atoms with Gasteiger partial charge in [0.25, 0.3) is 0 Å². The predicted octanol–water partition coefficient (Wildman–Crippen LogP) is 2.30. The van der Waals surface area contributed by atoms with Gasteiger partial charge in [-0.05, 0) is 26.4 Å². The van der Waals surface area contributed by atoms with E-state index in [2.05, 4.69) is 25.7 Å². The molecular weight excluding hydrogens is 268 g/mol. The summed E-state index contributed by atoms with van der Waals surface area (Å²) < 4.78 is 4.93. The monoisotopic (exact) mass is 300 g/mol. The Balaban J connectivity index is 4.38. The van der Waals surface area contributed by atoms with E-state index >= 15 is 0 Å². The molecule has 0 aliphatic heterocycles. The number of ether oxygens (including phenoxy) is 1. The van der Waals surface area contributed by atoms with Gasteiger partial charge in [-0.1, -0.05) is 27.2 Å². The fourth-order valence-corrected chi connectivity index (χ4v) is 2.11. The lowest BCUT2D eigenvalue weighted by molar-refractivity contribution is -0.144. The molecule has 0 bridgehead atoms. The van der Waals surface area contributed by atoms with Crippen molar-refractivity contribution in [2.75, 3.05) is 39.3 Å². The lowest BCUT2D eigenvalue weighted by Crippen LogP contribution is -2.39. The third-order valence-corrected chi connectivity index (χ3v) is 3.57. The summed E-state index contributed by atoms with van der Waals surface area (Å²) in [5, 5.41) is 0. The summed E-state index contributed by atoms with van der Waals surface area (Å²) in [6, 6.07) is 0. The maximum absolute atomic E-state index is 12.2. The van der Waals surface area contributed by atoms with E-state index in [9.17, 15) is 9.59 Å². The van der Waals surface area contributed by atoms with Crippen LogP contribution in [0.5, 0.6) is 0 Å². The molecule has 0 aromatic heterocycles. The second-order valence-corrected chi connectivity index (χ2v) is 5.07. The minimum absolute atomic E-state index is 0.147. The number of rotatable bonds is 12. The van der Waals surface area contributed by atoms with Crippen molar-refractivity contribution in [1.82, 2.24) is 9.80 Å². The summed E-state index contributed by atoms with van der Waals surface area (Å²) in [5.74, 6) is -0.0815. The molecule has 0 atom stereocenters. The first kappa shape index (κ1) is 19.9. The van der Waals surface area contributed by atoms with Crippen LogP contribution in [0.3, 0.4) is 0 Å². The van der Waals surface area contributed by atoms with Crippen molar-refractivity contribution in [3.63, 3.8) is 0 Å². The first-order valence-corrected chi connectivity index (χ1v) is 8.24. The molecule has 0 rings (SSSR count). The highest BCUT2D eigenvalue weighted by molar-refractivity contribution is 5.77. The van der Waals surface area contributed by atoms with E-state index in [4.69, 9.17) is 4.74 Å². The van der Waals surface area contributed by atoms with Gasteiger partial charge in [0, 0.05) is 26.1 Å². The van der Waals surface area contributed by atoms with E-state index in [0.29, 0.717) is 26.1 Å². The molecule has 0 unspecified atom stereocenters. The molecule has 0 N–H and O–H groups in total. The van der Waals surface area contributed by atoms with Gasteiger partial charge in [-0.15, -0.1) is 0 Å². The van der Waals surface area contributed by atoms with Crippen LogP contribution < -0.4 is 0 Å². The van der Waals surface area contributed by atoms with Crippen molar-refractivity contribution in [3.8, 4) is 0 Å². The van der Waals surface area contributed by atoms with Gasteiger partial charge in [0.1, 0.15) is 0 Å². The number of hydrogen-bond donors (Lipinski definition) is 0. The summed E-state index contributed by atoms with van der Waals surface area (Å²) in [6.45, 7) is 12.4. The Morgan fingerprint density at radius 2 is 1.57 bits per heavy atom. The Morgan fingerprint density at radius 1 is 0.905 bits per heavy atom. The fraction of sp³-hybridized carbons (Fsp3) is 0.875. The molecule has 5 nitrogen and oxygen atoms in total. The van der Waals surface area contributed by atoms with Gasteiger partial charge in [0.2, 0.25) is 5.91 Å². The summed E-state index contributed by atoms with van der Waals surface area (Å²) >= 11 is 0. The van der Waals surface area contributed by atoms with Crippen molar-refractivity contribution in [3.05, 3.63) is 0 Å². The van der Waals surface area contributed by atoms with Crippen molar-refractivity contribution in [2.24, 2.45) is 0 Å². The molecule has 0 heterocycles. The highest BCUT2D eigenvalue weighted by Gasteiger charge is 2.15. The van der Waals surface area contributed by atoms with Gasteiger partial charge in [0.05, 0.1) is 13.0 Å². The van der Waals surface area contributed by atoms with Gasteiger partial charge >= 0.3 is 5.97 Å². The Labute approximate surface area is 129 Å². The SMILES string of the molecule is CCCCC(=O)N(CCC(=O)OCC)CCN(CC)CC. The molecule has 0 fully saturated rings. The molecule has 0 radical (unpaired) electrons. The zero-order valence-electron chi connectivity index (χ0n) is 14.2. The predicted molar refractivity (Wildman–Crippen MR) is 85.1 cm³/mol. The van der Waals surface area contributed by atoms with Crippen LogP contribution in [0.2, 0.25) is 0 Å². The number of likely N-dealkylation sites (N-methyl/N-ethyl adjacent to an activating group) is 1.